The van der Waals surface area contributed by atoms with Gasteiger partial charge >= 0.3 is 0 Å². The minimum Gasteiger partial charge on any atom is -0.508 e. The van der Waals surface area contributed by atoms with Crippen molar-refractivity contribution in [3.05, 3.63) is 81.6 Å². The Bertz CT molecular complexity index is 1310. The second-order valence-corrected chi connectivity index (χ2v) is 8.36. The van der Waals surface area contributed by atoms with Crippen LogP contribution >= 0.6 is 23.8 Å². The summed E-state index contributed by atoms with van der Waals surface area (Å²) in [5.74, 6) is -0.896. The van der Waals surface area contributed by atoms with Crippen LogP contribution in [-0.2, 0) is 9.59 Å². The van der Waals surface area contributed by atoms with E-state index in [1.54, 1.807) is 48.5 Å². The summed E-state index contributed by atoms with van der Waals surface area (Å²) < 4.78 is 1.99. The topological polar surface area (TPSA) is 74.6 Å². The Morgan fingerprint density at radius 3 is 2.31 bits per heavy atom. The van der Waals surface area contributed by atoms with Crippen molar-refractivity contribution in [1.29, 1.82) is 0 Å². The summed E-state index contributed by atoms with van der Waals surface area (Å²) in [4.78, 5) is 27.2. The fourth-order valence-corrected chi connectivity index (χ4v) is 4.16. The van der Waals surface area contributed by atoms with Gasteiger partial charge in [0.25, 0.3) is 11.8 Å². The predicted octanol–water partition coefficient (Wildman–Crippen LogP) is 4.59. The number of anilines is 1. The Morgan fingerprint density at radius 1 is 1.00 bits per heavy atom. The molecule has 8 heteroatoms. The molecule has 0 bridgehead atoms. The third-order valence-electron chi connectivity index (χ3n) is 5.39. The van der Waals surface area contributed by atoms with E-state index in [4.69, 9.17) is 23.8 Å². The smallest absolute Gasteiger partial charge is 0.270 e. The number of halogens is 1. The Hall–Kier alpha value is -3.42. The van der Waals surface area contributed by atoms with Crippen LogP contribution in [0.25, 0.3) is 11.8 Å². The van der Waals surface area contributed by atoms with Gasteiger partial charge in [-0.3, -0.25) is 19.8 Å². The van der Waals surface area contributed by atoms with Gasteiger partial charge in [-0.15, -0.1) is 0 Å². The molecular weight excluding hydrogens is 446 g/mol. The summed E-state index contributed by atoms with van der Waals surface area (Å²) in [6.45, 7) is 5.69. The van der Waals surface area contributed by atoms with Crippen molar-refractivity contribution >= 4 is 52.5 Å². The molecule has 0 unspecified atom stereocenters. The van der Waals surface area contributed by atoms with Crippen LogP contribution in [0.5, 0.6) is 5.75 Å². The molecule has 32 heavy (non-hydrogen) atoms. The van der Waals surface area contributed by atoms with Crippen LogP contribution < -0.4 is 10.2 Å². The van der Waals surface area contributed by atoms with E-state index in [0.717, 1.165) is 28.2 Å². The molecule has 0 spiro atoms. The highest BCUT2D eigenvalue weighted by Crippen LogP contribution is 2.28. The Labute approximate surface area is 195 Å². The summed E-state index contributed by atoms with van der Waals surface area (Å²) >= 11 is 11.5. The van der Waals surface area contributed by atoms with Gasteiger partial charge in [0.1, 0.15) is 11.3 Å². The highest BCUT2D eigenvalue weighted by molar-refractivity contribution is 7.80. The number of carbonyl (C=O) groups excluding carboxylic acids is 2. The van der Waals surface area contributed by atoms with E-state index < -0.39 is 11.8 Å². The van der Waals surface area contributed by atoms with Gasteiger partial charge < -0.3 is 9.67 Å². The monoisotopic (exact) mass is 465 g/mol. The van der Waals surface area contributed by atoms with Crippen molar-refractivity contribution in [2.24, 2.45) is 0 Å². The fourth-order valence-electron chi connectivity index (χ4n) is 3.70. The third kappa shape index (κ3) is 3.81. The molecule has 1 fully saturated rings. The number of aryl methyl sites for hydroxylation is 2. The average Bonchev–Trinajstić information content (AvgIpc) is 3.01. The standard InChI is InChI=1S/C24H20ClN3O3S/c1-13-4-5-18(12-21(13)25)28-23(31)20(22(30)26-24(28)32)11-16-10-14(2)27(15(16)3)17-6-8-19(29)9-7-17/h4-12,29H,1-3H3,(H,26,30,32)/b20-11+. The van der Waals surface area contributed by atoms with Crippen LogP contribution in [0.15, 0.2) is 54.1 Å². The van der Waals surface area contributed by atoms with E-state index in [1.165, 1.54) is 4.90 Å². The van der Waals surface area contributed by atoms with Crippen molar-refractivity contribution in [2.45, 2.75) is 20.8 Å². The van der Waals surface area contributed by atoms with Crippen molar-refractivity contribution < 1.29 is 14.7 Å². The van der Waals surface area contributed by atoms with Gasteiger partial charge in [-0.1, -0.05) is 17.7 Å². The van der Waals surface area contributed by atoms with E-state index in [1.807, 2.05) is 31.4 Å². The van der Waals surface area contributed by atoms with Crippen LogP contribution in [-0.4, -0.2) is 26.6 Å². The van der Waals surface area contributed by atoms with Gasteiger partial charge in [0.15, 0.2) is 5.11 Å². The van der Waals surface area contributed by atoms with Gasteiger partial charge in [0.05, 0.1) is 5.69 Å². The van der Waals surface area contributed by atoms with Crippen LogP contribution in [0.2, 0.25) is 5.02 Å². The molecule has 162 valence electrons. The molecule has 0 saturated carbocycles. The molecule has 0 aliphatic carbocycles. The highest BCUT2D eigenvalue weighted by atomic mass is 35.5. The summed E-state index contributed by atoms with van der Waals surface area (Å²) in [6.07, 6.45) is 1.57. The number of hydrogen-bond acceptors (Lipinski definition) is 4. The molecule has 1 aliphatic rings. The summed E-state index contributed by atoms with van der Waals surface area (Å²) in [5.41, 5.74) is 4.67. The number of rotatable bonds is 3. The van der Waals surface area contributed by atoms with Gasteiger partial charge in [-0.05, 0) is 92.7 Å². The van der Waals surface area contributed by atoms with Crippen LogP contribution in [0.1, 0.15) is 22.5 Å². The van der Waals surface area contributed by atoms with E-state index in [9.17, 15) is 14.7 Å². The number of thiocarbonyl (C=S) groups is 1. The lowest BCUT2D eigenvalue weighted by atomic mass is 10.1. The molecule has 1 saturated heterocycles. The largest absolute Gasteiger partial charge is 0.508 e. The van der Waals surface area contributed by atoms with Crippen LogP contribution in [0, 0.1) is 20.8 Å². The van der Waals surface area contributed by atoms with Gasteiger partial charge in [-0.25, -0.2) is 0 Å². The Balaban J connectivity index is 1.76. The first-order valence-electron chi connectivity index (χ1n) is 9.83. The molecule has 3 aromatic rings. The molecule has 2 aromatic carbocycles. The molecular formula is C24H20ClN3O3S. The van der Waals surface area contributed by atoms with Crippen LogP contribution in [0.3, 0.4) is 0 Å². The first-order valence-corrected chi connectivity index (χ1v) is 10.6. The maximum absolute atomic E-state index is 13.3. The van der Waals surface area contributed by atoms with Gasteiger partial charge in [0.2, 0.25) is 0 Å². The number of phenolic OH excluding ortho intramolecular Hbond substituents is 1. The molecule has 2 amide bonds. The number of carbonyl (C=O) groups is 2. The van der Waals surface area contributed by atoms with Crippen molar-refractivity contribution in [1.82, 2.24) is 9.88 Å². The lowest BCUT2D eigenvalue weighted by Crippen LogP contribution is -2.54. The number of aromatic hydroxyl groups is 1. The molecule has 6 nitrogen and oxygen atoms in total. The molecule has 1 aliphatic heterocycles. The van der Waals surface area contributed by atoms with E-state index in [-0.39, 0.29) is 16.4 Å². The van der Waals surface area contributed by atoms with Gasteiger partial charge in [-0.2, -0.15) is 0 Å². The number of benzene rings is 2. The zero-order chi connectivity index (χ0) is 23.2. The van der Waals surface area contributed by atoms with Crippen molar-refractivity contribution in [2.75, 3.05) is 4.90 Å². The Morgan fingerprint density at radius 2 is 1.66 bits per heavy atom. The quantitative estimate of drug-likeness (QED) is 0.337. The maximum atomic E-state index is 13.3. The second-order valence-electron chi connectivity index (χ2n) is 7.57. The first kappa shape index (κ1) is 21.8. The van der Waals surface area contributed by atoms with Gasteiger partial charge in [0, 0.05) is 22.1 Å². The van der Waals surface area contributed by atoms with E-state index in [0.29, 0.717) is 10.7 Å². The molecule has 0 atom stereocenters. The number of amides is 2. The number of nitrogens with zero attached hydrogens (tertiary/aromatic N) is 2. The van der Waals surface area contributed by atoms with Crippen molar-refractivity contribution in [3.63, 3.8) is 0 Å². The zero-order valence-corrected chi connectivity index (χ0v) is 19.2. The maximum Gasteiger partial charge on any atom is 0.270 e. The number of hydrogen-bond donors (Lipinski definition) is 2. The zero-order valence-electron chi connectivity index (χ0n) is 17.6. The molecule has 0 radical (unpaired) electrons. The second kappa shape index (κ2) is 8.26. The van der Waals surface area contributed by atoms with E-state index >= 15 is 0 Å². The average molecular weight is 466 g/mol. The summed E-state index contributed by atoms with van der Waals surface area (Å²) in [5, 5.41) is 12.7. The molecule has 4 rings (SSSR count). The number of aromatic nitrogens is 1. The lowest BCUT2D eigenvalue weighted by Gasteiger charge is -2.29. The summed E-state index contributed by atoms with van der Waals surface area (Å²) in [7, 11) is 0. The fraction of sp³-hybridized carbons (Fsp3) is 0.125. The molecule has 2 N–H and O–H groups in total. The molecule has 2 heterocycles. The van der Waals surface area contributed by atoms with Crippen LogP contribution in [0.4, 0.5) is 5.69 Å². The molecule has 1 aromatic heterocycles. The predicted molar refractivity (Wildman–Crippen MR) is 129 cm³/mol. The first-order chi connectivity index (χ1) is 15.2. The number of nitrogens with one attached hydrogen (secondary N) is 1. The van der Waals surface area contributed by atoms with E-state index in [2.05, 4.69) is 5.32 Å². The minimum absolute atomic E-state index is 0.00614. The minimum atomic E-state index is -0.552. The third-order valence-corrected chi connectivity index (χ3v) is 6.09. The number of phenols is 1. The SMILES string of the molecule is Cc1ccc(N2C(=O)/C(=C/c3cc(C)n(-c4ccc(O)cc4)c3C)C(=O)NC2=S)cc1Cl. The lowest BCUT2D eigenvalue weighted by molar-refractivity contribution is -0.122. The Kier molecular flexibility index (Phi) is 5.62. The highest BCUT2D eigenvalue weighted by Gasteiger charge is 2.35. The summed E-state index contributed by atoms with van der Waals surface area (Å²) in [6, 6.07) is 13.9. The van der Waals surface area contributed by atoms with Crippen molar-refractivity contribution in [3.8, 4) is 11.4 Å². The normalized spacial score (nSPS) is 15.4.